The molecule has 2 bridgehead atoms. The SMILES string of the molecule is CC1CCC2C(N)C3C4CCC(C4)C3C(N)C2C1. The van der Waals surface area contributed by atoms with Gasteiger partial charge < -0.3 is 11.5 Å². The van der Waals surface area contributed by atoms with Crippen molar-refractivity contribution in [2.24, 2.45) is 52.9 Å². The Morgan fingerprint density at radius 2 is 1.33 bits per heavy atom. The van der Waals surface area contributed by atoms with Crippen molar-refractivity contribution < 1.29 is 0 Å². The molecule has 0 radical (unpaired) electrons. The first-order chi connectivity index (χ1) is 8.66. The van der Waals surface area contributed by atoms with E-state index in [0.29, 0.717) is 12.1 Å². The summed E-state index contributed by atoms with van der Waals surface area (Å²) in [5, 5.41) is 0. The fraction of sp³-hybridized carbons (Fsp3) is 1.00. The second-order valence-electron chi connectivity index (χ2n) is 7.89. The summed E-state index contributed by atoms with van der Waals surface area (Å²) in [6.07, 6.45) is 8.42. The zero-order valence-corrected chi connectivity index (χ0v) is 11.6. The average molecular weight is 248 g/mol. The molecule has 18 heavy (non-hydrogen) atoms. The van der Waals surface area contributed by atoms with Gasteiger partial charge in [-0.1, -0.05) is 13.3 Å². The fourth-order valence-electron chi connectivity index (χ4n) is 6.46. The Hall–Kier alpha value is -0.0800. The first kappa shape index (κ1) is 11.7. The summed E-state index contributed by atoms with van der Waals surface area (Å²) in [7, 11) is 0. The Balaban J connectivity index is 1.66. The molecule has 0 aromatic rings. The van der Waals surface area contributed by atoms with Gasteiger partial charge in [-0.3, -0.25) is 0 Å². The summed E-state index contributed by atoms with van der Waals surface area (Å²) in [4.78, 5) is 0. The molecule has 9 unspecified atom stereocenters. The van der Waals surface area contributed by atoms with Gasteiger partial charge in [0.2, 0.25) is 0 Å². The van der Waals surface area contributed by atoms with Gasteiger partial charge >= 0.3 is 0 Å². The summed E-state index contributed by atoms with van der Waals surface area (Å²) < 4.78 is 0. The first-order valence-corrected chi connectivity index (χ1v) is 8.18. The van der Waals surface area contributed by atoms with Gasteiger partial charge in [0, 0.05) is 12.1 Å². The van der Waals surface area contributed by atoms with Crippen LogP contribution in [-0.4, -0.2) is 12.1 Å². The minimum absolute atomic E-state index is 0.470. The van der Waals surface area contributed by atoms with Gasteiger partial charge in [0.05, 0.1) is 0 Å². The number of hydrogen-bond acceptors (Lipinski definition) is 2. The van der Waals surface area contributed by atoms with E-state index < -0.39 is 0 Å². The number of fused-ring (bicyclic) bond motifs is 6. The van der Waals surface area contributed by atoms with Crippen molar-refractivity contribution in [2.45, 2.75) is 57.5 Å². The normalized spacial score (nSPS) is 62.5. The van der Waals surface area contributed by atoms with Crippen LogP contribution in [0, 0.1) is 41.4 Å². The second-order valence-corrected chi connectivity index (χ2v) is 7.89. The molecular formula is C16H28N2. The minimum atomic E-state index is 0.470. The Bertz CT molecular complexity index is 342. The van der Waals surface area contributed by atoms with E-state index in [-0.39, 0.29) is 0 Å². The van der Waals surface area contributed by atoms with Crippen LogP contribution in [0.15, 0.2) is 0 Å². The largest absolute Gasteiger partial charge is 0.327 e. The lowest BCUT2D eigenvalue weighted by atomic mass is 9.54. The van der Waals surface area contributed by atoms with Crippen molar-refractivity contribution in [3.63, 3.8) is 0 Å². The molecule has 4 aliphatic carbocycles. The third-order valence-corrected chi connectivity index (χ3v) is 7.14. The predicted molar refractivity (Wildman–Crippen MR) is 73.8 cm³/mol. The molecule has 0 aliphatic heterocycles. The Morgan fingerprint density at radius 3 is 2.00 bits per heavy atom. The van der Waals surface area contributed by atoms with Gasteiger partial charge in [0.1, 0.15) is 0 Å². The van der Waals surface area contributed by atoms with Gasteiger partial charge in [-0.15, -0.1) is 0 Å². The molecule has 9 atom stereocenters. The third-order valence-electron chi connectivity index (χ3n) is 7.14. The fourth-order valence-corrected chi connectivity index (χ4v) is 6.46. The lowest BCUT2D eigenvalue weighted by Crippen LogP contribution is -2.61. The van der Waals surface area contributed by atoms with Gasteiger partial charge in [-0.05, 0) is 73.5 Å². The third kappa shape index (κ3) is 1.42. The average Bonchev–Trinajstić information content (AvgIpc) is 2.96. The topological polar surface area (TPSA) is 52.0 Å². The molecule has 0 saturated heterocycles. The highest BCUT2D eigenvalue weighted by Crippen LogP contribution is 2.60. The predicted octanol–water partition coefficient (Wildman–Crippen LogP) is 2.37. The zero-order valence-electron chi connectivity index (χ0n) is 11.6. The van der Waals surface area contributed by atoms with Gasteiger partial charge in [0.25, 0.3) is 0 Å². The molecule has 0 aromatic heterocycles. The van der Waals surface area contributed by atoms with E-state index in [9.17, 15) is 0 Å². The van der Waals surface area contributed by atoms with Crippen molar-refractivity contribution in [2.75, 3.05) is 0 Å². The maximum absolute atomic E-state index is 6.73. The molecule has 102 valence electrons. The van der Waals surface area contributed by atoms with Crippen LogP contribution >= 0.6 is 0 Å². The van der Waals surface area contributed by atoms with Gasteiger partial charge in [0.15, 0.2) is 0 Å². The van der Waals surface area contributed by atoms with E-state index in [1.165, 1.54) is 38.5 Å². The maximum atomic E-state index is 6.73. The van der Waals surface area contributed by atoms with Crippen molar-refractivity contribution >= 4 is 0 Å². The summed E-state index contributed by atoms with van der Waals surface area (Å²) in [6.45, 7) is 2.40. The summed E-state index contributed by atoms with van der Waals surface area (Å²) in [6, 6.07) is 0.945. The second kappa shape index (κ2) is 3.96. The molecule has 0 aromatic carbocycles. The monoisotopic (exact) mass is 248 g/mol. The minimum Gasteiger partial charge on any atom is -0.327 e. The van der Waals surface area contributed by atoms with Gasteiger partial charge in [-0.2, -0.15) is 0 Å². The van der Waals surface area contributed by atoms with Crippen molar-refractivity contribution in [1.82, 2.24) is 0 Å². The van der Waals surface area contributed by atoms with Crippen LogP contribution in [0.3, 0.4) is 0 Å². The summed E-state index contributed by atoms with van der Waals surface area (Å²) in [5.74, 6) is 5.79. The molecule has 0 heterocycles. The smallest absolute Gasteiger partial charge is 0.0105 e. The Kier molecular flexibility index (Phi) is 2.58. The van der Waals surface area contributed by atoms with Crippen molar-refractivity contribution in [3.8, 4) is 0 Å². The summed E-state index contributed by atoms with van der Waals surface area (Å²) >= 11 is 0. The van der Waals surface area contributed by atoms with E-state index >= 15 is 0 Å². The van der Waals surface area contributed by atoms with E-state index in [1.54, 1.807) is 0 Å². The molecule has 0 amide bonds. The van der Waals surface area contributed by atoms with Crippen LogP contribution in [-0.2, 0) is 0 Å². The molecule has 2 nitrogen and oxygen atoms in total. The Labute approximate surface area is 111 Å². The number of hydrogen-bond donors (Lipinski definition) is 2. The quantitative estimate of drug-likeness (QED) is 0.691. The molecule has 4 N–H and O–H groups in total. The van der Waals surface area contributed by atoms with Crippen molar-refractivity contribution in [3.05, 3.63) is 0 Å². The lowest BCUT2D eigenvalue weighted by Gasteiger charge is -2.54. The summed E-state index contributed by atoms with van der Waals surface area (Å²) in [5.41, 5.74) is 13.4. The highest BCUT2D eigenvalue weighted by molar-refractivity contribution is 5.11. The standard InChI is InChI=1S/C16H28N2/c1-8-2-5-11-12(6-8)16(18)14-10-4-3-9(7-10)13(14)15(11)17/h8-16H,2-7,17-18H2,1H3. The lowest BCUT2D eigenvalue weighted by molar-refractivity contribution is -0.00737. The van der Waals surface area contributed by atoms with Crippen LogP contribution in [0.1, 0.15) is 45.4 Å². The first-order valence-electron chi connectivity index (χ1n) is 8.18. The van der Waals surface area contributed by atoms with Gasteiger partial charge in [-0.25, -0.2) is 0 Å². The molecule has 4 aliphatic rings. The zero-order chi connectivity index (χ0) is 12.4. The molecule has 2 heteroatoms. The maximum Gasteiger partial charge on any atom is 0.0105 e. The highest BCUT2D eigenvalue weighted by atomic mass is 14.8. The molecule has 4 rings (SSSR count). The number of nitrogens with two attached hydrogens (primary N) is 2. The van der Waals surface area contributed by atoms with Crippen LogP contribution in [0.5, 0.6) is 0 Å². The highest BCUT2D eigenvalue weighted by Gasteiger charge is 2.58. The van der Waals surface area contributed by atoms with Crippen LogP contribution in [0.4, 0.5) is 0 Å². The Morgan fingerprint density at radius 1 is 0.722 bits per heavy atom. The van der Waals surface area contributed by atoms with E-state index in [2.05, 4.69) is 6.92 Å². The molecule has 4 fully saturated rings. The van der Waals surface area contributed by atoms with E-state index in [1.807, 2.05) is 0 Å². The molecule has 4 saturated carbocycles. The van der Waals surface area contributed by atoms with Crippen molar-refractivity contribution in [1.29, 1.82) is 0 Å². The van der Waals surface area contributed by atoms with Crippen LogP contribution < -0.4 is 11.5 Å². The molecular weight excluding hydrogens is 220 g/mol. The van der Waals surface area contributed by atoms with E-state index in [4.69, 9.17) is 11.5 Å². The number of rotatable bonds is 0. The van der Waals surface area contributed by atoms with Crippen LogP contribution in [0.2, 0.25) is 0 Å². The van der Waals surface area contributed by atoms with E-state index in [0.717, 1.165) is 41.4 Å². The molecule has 0 spiro atoms. The van der Waals surface area contributed by atoms with Crippen LogP contribution in [0.25, 0.3) is 0 Å².